The van der Waals surface area contributed by atoms with E-state index in [1.165, 1.54) is 18.5 Å². The van der Waals surface area contributed by atoms with Crippen LogP contribution in [-0.4, -0.2) is 30.9 Å². The summed E-state index contributed by atoms with van der Waals surface area (Å²) in [6, 6.07) is 16.3. The van der Waals surface area contributed by atoms with Gasteiger partial charge < -0.3 is 15.5 Å². The van der Waals surface area contributed by atoms with E-state index < -0.39 is 6.04 Å². The van der Waals surface area contributed by atoms with Crippen molar-refractivity contribution in [3.8, 4) is 0 Å². The molecule has 2 aromatic carbocycles. The maximum absolute atomic E-state index is 12.7. The van der Waals surface area contributed by atoms with Crippen molar-refractivity contribution >= 4 is 23.2 Å². The summed E-state index contributed by atoms with van der Waals surface area (Å²) in [7, 11) is 0. The smallest absolute Gasteiger partial charge is 0.251 e. The van der Waals surface area contributed by atoms with Crippen LogP contribution in [0, 0.1) is 5.92 Å². The van der Waals surface area contributed by atoms with Gasteiger partial charge in [-0.2, -0.15) is 0 Å². The molecule has 1 aliphatic rings. The SMILES string of the molecule is CC(C)[C@H](NC(=O)c1ccccc1)C(=O)Nc1ccc(N2CCCC2)cc1. The lowest BCUT2D eigenvalue weighted by atomic mass is 10.0. The van der Waals surface area contributed by atoms with Gasteiger partial charge in [-0.15, -0.1) is 0 Å². The van der Waals surface area contributed by atoms with Gasteiger partial charge in [-0.3, -0.25) is 9.59 Å². The Labute approximate surface area is 160 Å². The third kappa shape index (κ3) is 4.88. The molecule has 1 aliphatic heterocycles. The fourth-order valence-electron chi connectivity index (χ4n) is 3.30. The minimum absolute atomic E-state index is 0.0264. The summed E-state index contributed by atoms with van der Waals surface area (Å²) in [5, 5.41) is 5.78. The fourth-order valence-corrected chi connectivity index (χ4v) is 3.30. The largest absolute Gasteiger partial charge is 0.372 e. The first kappa shape index (κ1) is 19.0. The summed E-state index contributed by atoms with van der Waals surface area (Å²) in [4.78, 5) is 27.5. The molecule has 0 bridgehead atoms. The van der Waals surface area contributed by atoms with Crippen LogP contribution in [-0.2, 0) is 4.79 Å². The van der Waals surface area contributed by atoms with E-state index in [2.05, 4.69) is 15.5 Å². The summed E-state index contributed by atoms with van der Waals surface area (Å²) in [5.41, 5.74) is 2.47. The molecule has 0 saturated carbocycles. The van der Waals surface area contributed by atoms with E-state index in [1.807, 2.05) is 44.2 Å². The molecule has 2 amide bonds. The summed E-state index contributed by atoms with van der Waals surface area (Å²) in [6.45, 7) is 6.03. The molecule has 1 atom stereocenters. The topological polar surface area (TPSA) is 61.4 Å². The molecule has 5 nitrogen and oxygen atoms in total. The average Bonchev–Trinajstić information content (AvgIpc) is 3.21. The molecule has 27 heavy (non-hydrogen) atoms. The molecule has 1 fully saturated rings. The number of rotatable bonds is 6. The molecule has 0 radical (unpaired) electrons. The van der Waals surface area contributed by atoms with E-state index in [0.29, 0.717) is 5.56 Å². The van der Waals surface area contributed by atoms with Crippen LogP contribution in [0.5, 0.6) is 0 Å². The summed E-state index contributed by atoms with van der Waals surface area (Å²) < 4.78 is 0. The molecular formula is C22H27N3O2. The number of carbonyl (C=O) groups is 2. The monoisotopic (exact) mass is 365 g/mol. The number of nitrogens with one attached hydrogen (secondary N) is 2. The standard InChI is InChI=1S/C22H27N3O2/c1-16(2)20(24-21(26)17-8-4-3-5-9-17)22(27)23-18-10-12-19(13-11-18)25-14-6-7-15-25/h3-5,8-13,16,20H,6-7,14-15H2,1-2H3,(H,23,27)(H,24,26)/t20-/m0/s1. The number of anilines is 2. The van der Waals surface area contributed by atoms with Gasteiger partial charge in [0.2, 0.25) is 5.91 Å². The van der Waals surface area contributed by atoms with E-state index in [9.17, 15) is 9.59 Å². The van der Waals surface area contributed by atoms with E-state index in [4.69, 9.17) is 0 Å². The molecule has 0 spiro atoms. The molecule has 1 saturated heterocycles. The Hall–Kier alpha value is -2.82. The third-order valence-electron chi connectivity index (χ3n) is 4.88. The van der Waals surface area contributed by atoms with E-state index in [1.54, 1.807) is 24.3 Å². The second kappa shape index (κ2) is 8.71. The Morgan fingerprint density at radius 3 is 2.15 bits per heavy atom. The quantitative estimate of drug-likeness (QED) is 0.821. The molecule has 0 aliphatic carbocycles. The first-order chi connectivity index (χ1) is 13.0. The zero-order valence-electron chi connectivity index (χ0n) is 15.9. The lowest BCUT2D eigenvalue weighted by Crippen LogP contribution is -2.47. The van der Waals surface area contributed by atoms with Crippen LogP contribution < -0.4 is 15.5 Å². The normalized spacial score (nSPS) is 14.9. The lowest BCUT2D eigenvalue weighted by Gasteiger charge is -2.22. The molecule has 1 heterocycles. The predicted molar refractivity (Wildman–Crippen MR) is 109 cm³/mol. The zero-order valence-corrected chi connectivity index (χ0v) is 15.9. The molecule has 2 aromatic rings. The van der Waals surface area contributed by atoms with Crippen molar-refractivity contribution in [3.63, 3.8) is 0 Å². The van der Waals surface area contributed by atoms with Crippen LogP contribution in [0.1, 0.15) is 37.0 Å². The average molecular weight is 365 g/mol. The molecule has 0 unspecified atom stereocenters. The number of nitrogens with zero attached hydrogens (tertiary/aromatic N) is 1. The fraction of sp³-hybridized carbons (Fsp3) is 0.364. The van der Waals surface area contributed by atoms with Gasteiger partial charge in [0.15, 0.2) is 0 Å². The van der Waals surface area contributed by atoms with Crippen molar-refractivity contribution in [3.05, 3.63) is 60.2 Å². The van der Waals surface area contributed by atoms with Crippen LogP contribution >= 0.6 is 0 Å². The van der Waals surface area contributed by atoms with Gasteiger partial charge in [-0.1, -0.05) is 32.0 Å². The van der Waals surface area contributed by atoms with Crippen LogP contribution in [0.3, 0.4) is 0 Å². The van der Waals surface area contributed by atoms with Crippen molar-refractivity contribution in [1.29, 1.82) is 0 Å². The first-order valence-corrected chi connectivity index (χ1v) is 9.56. The summed E-state index contributed by atoms with van der Waals surface area (Å²) >= 11 is 0. The molecule has 3 rings (SSSR count). The highest BCUT2D eigenvalue weighted by molar-refractivity contribution is 6.01. The van der Waals surface area contributed by atoms with Gasteiger partial charge in [0.25, 0.3) is 5.91 Å². The first-order valence-electron chi connectivity index (χ1n) is 9.56. The van der Waals surface area contributed by atoms with E-state index in [0.717, 1.165) is 18.8 Å². The maximum atomic E-state index is 12.7. The van der Waals surface area contributed by atoms with Gasteiger partial charge in [0.05, 0.1) is 0 Å². The Morgan fingerprint density at radius 2 is 1.56 bits per heavy atom. The predicted octanol–water partition coefficient (Wildman–Crippen LogP) is 3.68. The molecule has 5 heteroatoms. The Bertz CT molecular complexity index is 766. The third-order valence-corrected chi connectivity index (χ3v) is 4.88. The number of hydrogen-bond donors (Lipinski definition) is 2. The number of hydrogen-bond acceptors (Lipinski definition) is 3. The minimum atomic E-state index is -0.601. The highest BCUT2D eigenvalue weighted by atomic mass is 16.2. The minimum Gasteiger partial charge on any atom is -0.372 e. The number of amides is 2. The van der Waals surface area contributed by atoms with Crippen LogP contribution in [0.4, 0.5) is 11.4 Å². The number of benzene rings is 2. The van der Waals surface area contributed by atoms with Crippen LogP contribution in [0.25, 0.3) is 0 Å². The Kier molecular flexibility index (Phi) is 6.12. The van der Waals surface area contributed by atoms with Gasteiger partial charge in [-0.05, 0) is 55.2 Å². The van der Waals surface area contributed by atoms with Crippen molar-refractivity contribution in [2.75, 3.05) is 23.3 Å². The molecule has 0 aromatic heterocycles. The maximum Gasteiger partial charge on any atom is 0.251 e. The van der Waals surface area contributed by atoms with E-state index in [-0.39, 0.29) is 17.7 Å². The highest BCUT2D eigenvalue weighted by Crippen LogP contribution is 2.22. The molecular weight excluding hydrogens is 338 g/mol. The zero-order chi connectivity index (χ0) is 19.2. The lowest BCUT2D eigenvalue weighted by molar-refractivity contribution is -0.118. The van der Waals surface area contributed by atoms with Crippen molar-refractivity contribution < 1.29 is 9.59 Å². The number of carbonyl (C=O) groups excluding carboxylic acids is 2. The van der Waals surface area contributed by atoms with Crippen molar-refractivity contribution in [2.24, 2.45) is 5.92 Å². The Morgan fingerprint density at radius 1 is 0.926 bits per heavy atom. The van der Waals surface area contributed by atoms with E-state index >= 15 is 0 Å². The molecule has 142 valence electrons. The van der Waals surface area contributed by atoms with Gasteiger partial charge in [0, 0.05) is 30.0 Å². The van der Waals surface area contributed by atoms with Gasteiger partial charge in [0.1, 0.15) is 6.04 Å². The highest BCUT2D eigenvalue weighted by Gasteiger charge is 2.24. The summed E-state index contributed by atoms with van der Waals surface area (Å²) in [6.07, 6.45) is 2.46. The summed E-state index contributed by atoms with van der Waals surface area (Å²) in [5.74, 6) is -0.474. The van der Waals surface area contributed by atoms with Gasteiger partial charge >= 0.3 is 0 Å². The Balaban J connectivity index is 1.63. The second-order valence-corrected chi connectivity index (χ2v) is 7.29. The van der Waals surface area contributed by atoms with Crippen LogP contribution in [0.15, 0.2) is 54.6 Å². The van der Waals surface area contributed by atoms with Crippen molar-refractivity contribution in [1.82, 2.24) is 5.32 Å². The second-order valence-electron chi connectivity index (χ2n) is 7.29. The van der Waals surface area contributed by atoms with Crippen LogP contribution in [0.2, 0.25) is 0 Å². The molecule has 2 N–H and O–H groups in total. The van der Waals surface area contributed by atoms with Crippen molar-refractivity contribution in [2.45, 2.75) is 32.7 Å². The van der Waals surface area contributed by atoms with Gasteiger partial charge in [-0.25, -0.2) is 0 Å².